The number of aliphatic hydroxyl groups excluding tert-OH is 2. The van der Waals surface area contributed by atoms with Gasteiger partial charge in [0.1, 0.15) is 12.4 Å². The average Bonchev–Trinajstić information content (AvgIpc) is 2.45. The van der Waals surface area contributed by atoms with Gasteiger partial charge in [-0.1, -0.05) is 18.2 Å². The average molecular weight is 321 g/mol. The number of para-hydroxylation sites is 1. The first kappa shape index (κ1) is 20.0. The third kappa shape index (κ3) is 15.2. The van der Waals surface area contributed by atoms with Crippen molar-refractivity contribution in [1.82, 2.24) is 5.32 Å². The summed E-state index contributed by atoms with van der Waals surface area (Å²) < 4.78 is 19.1. The van der Waals surface area contributed by atoms with Crippen LogP contribution in [0.4, 0.5) is 0 Å². The number of phosphoric acid groups is 1. The summed E-state index contributed by atoms with van der Waals surface area (Å²) in [5.41, 5.74) is 0. The Bertz CT molecular complexity index is 380. The van der Waals surface area contributed by atoms with E-state index in [1.165, 1.54) is 0 Å². The summed E-state index contributed by atoms with van der Waals surface area (Å²) in [6.07, 6.45) is 0. The van der Waals surface area contributed by atoms with Crippen molar-refractivity contribution in [2.75, 3.05) is 39.5 Å². The number of benzene rings is 1. The van der Waals surface area contributed by atoms with Crippen LogP contribution in [0, 0.1) is 0 Å². The van der Waals surface area contributed by atoms with E-state index in [0.29, 0.717) is 18.8 Å². The van der Waals surface area contributed by atoms with Gasteiger partial charge in [-0.15, -0.1) is 0 Å². The molecular formula is C12H20NO7P-2. The molecule has 0 aliphatic rings. The van der Waals surface area contributed by atoms with Crippen molar-refractivity contribution in [2.45, 2.75) is 0 Å². The van der Waals surface area contributed by atoms with E-state index in [1.54, 1.807) is 24.3 Å². The standard InChI is InChI=1S/C8H11O5P.C4H11NO2/c9-14(10,11)13-7-6-12-8-4-2-1-3-5-8;6-3-1-5-2-4-7/h1-5H,6-7H2,(H2,9,10,11);5-7H,1-4H2/p-2. The fourth-order valence-electron chi connectivity index (χ4n) is 1.11. The monoisotopic (exact) mass is 321 g/mol. The predicted molar refractivity (Wildman–Crippen MR) is 72.5 cm³/mol. The summed E-state index contributed by atoms with van der Waals surface area (Å²) in [5.74, 6) is 0.600. The van der Waals surface area contributed by atoms with Gasteiger partial charge >= 0.3 is 0 Å². The van der Waals surface area contributed by atoms with Crippen LogP contribution in [0.25, 0.3) is 0 Å². The largest absolute Gasteiger partial charge is 0.790 e. The summed E-state index contributed by atoms with van der Waals surface area (Å²) in [6.45, 7) is 1.18. The van der Waals surface area contributed by atoms with E-state index in [1.807, 2.05) is 6.07 Å². The third-order valence-electron chi connectivity index (χ3n) is 1.92. The number of phosphoric ester groups is 1. The van der Waals surface area contributed by atoms with Gasteiger partial charge in [0.2, 0.25) is 0 Å². The molecule has 0 saturated heterocycles. The molecule has 0 aromatic heterocycles. The lowest BCUT2D eigenvalue weighted by molar-refractivity contribution is -0.341. The summed E-state index contributed by atoms with van der Waals surface area (Å²) in [7, 11) is -4.87. The number of hydrogen-bond donors (Lipinski definition) is 3. The van der Waals surface area contributed by atoms with Gasteiger partial charge in [0, 0.05) is 13.1 Å². The van der Waals surface area contributed by atoms with Crippen LogP contribution in [0.1, 0.15) is 0 Å². The van der Waals surface area contributed by atoms with E-state index < -0.39 is 7.82 Å². The molecular weight excluding hydrogens is 301 g/mol. The Morgan fingerprint density at radius 1 is 1.05 bits per heavy atom. The molecule has 8 nitrogen and oxygen atoms in total. The molecule has 0 saturated carbocycles. The summed E-state index contributed by atoms with van der Waals surface area (Å²) in [5, 5.41) is 19.1. The van der Waals surface area contributed by atoms with Gasteiger partial charge in [-0.05, 0) is 12.1 Å². The normalized spacial score (nSPS) is 10.7. The van der Waals surface area contributed by atoms with Gasteiger partial charge in [-0.3, -0.25) is 0 Å². The van der Waals surface area contributed by atoms with Crippen LogP contribution in [0.5, 0.6) is 5.75 Å². The van der Waals surface area contributed by atoms with Crippen molar-refractivity contribution < 1.29 is 33.8 Å². The van der Waals surface area contributed by atoms with Crippen LogP contribution < -0.4 is 19.8 Å². The Morgan fingerprint density at radius 3 is 2.10 bits per heavy atom. The minimum Gasteiger partial charge on any atom is -0.790 e. The van der Waals surface area contributed by atoms with Gasteiger partial charge < -0.3 is 39.1 Å². The molecule has 1 rings (SSSR count). The molecule has 0 radical (unpaired) electrons. The van der Waals surface area contributed by atoms with Gasteiger partial charge in [-0.2, -0.15) is 0 Å². The van der Waals surface area contributed by atoms with Gasteiger partial charge in [-0.25, -0.2) is 0 Å². The molecule has 9 heteroatoms. The van der Waals surface area contributed by atoms with E-state index in [0.717, 1.165) is 0 Å². The van der Waals surface area contributed by atoms with Crippen LogP contribution in [0.2, 0.25) is 0 Å². The highest BCUT2D eigenvalue weighted by Gasteiger charge is 1.93. The molecule has 0 spiro atoms. The summed E-state index contributed by atoms with van der Waals surface area (Å²) in [6, 6.07) is 8.82. The Morgan fingerprint density at radius 2 is 1.62 bits per heavy atom. The van der Waals surface area contributed by atoms with Crippen LogP contribution in [0.3, 0.4) is 0 Å². The Hall–Kier alpha value is -0.990. The second-order valence-electron chi connectivity index (χ2n) is 3.64. The quantitative estimate of drug-likeness (QED) is 0.368. The first-order chi connectivity index (χ1) is 9.99. The molecule has 0 unspecified atom stereocenters. The molecule has 1 aromatic rings. The molecule has 0 atom stereocenters. The Labute approximate surface area is 123 Å². The van der Waals surface area contributed by atoms with Crippen LogP contribution in [0.15, 0.2) is 30.3 Å². The maximum Gasteiger partial charge on any atom is 0.119 e. The minimum atomic E-state index is -4.87. The number of ether oxygens (including phenoxy) is 1. The van der Waals surface area contributed by atoms with Gasteiger partial charge in [0.25, 0.3) is 0 Å². The second kappa shape index (κ2) is 12.7. The Balaban J connectivity index is 0.000000486. The number of nitrogens with one attached hydrogen (secondary N) is 1. The van der Waals surface area contributed by atoms with E-state index >= 15 is 0 Å². The molecule has 0 bridgehead atoms. The SMILES string of the molecule is O=P([O-])([O-])OCCOc1ccccc1.OCCNCCO. The van der Waals surface area contributed by atoms with Crippen LogP contribution >= 0.6 is 7.82 Å². The van der Waals surface area contributed by atoms with E-state index in [2.05, 4.69) is 9.84 Å². The third-order valence-corrected chi connectivity index (χ3v) is 2.42. The first-order valence-electron chi connectivity index (χ1n) is 6.26. The van der Waals surface area contributed by atoms with Crippen LogP contribution in [-0.4, -0.2) is 49.7 Å². The van der Waals surface area contributed by atoms with Crippen molar-refractivity contribution in [3.63, 3.8) is 0 Å². The predicted octanol–water partition coefficient (Wildman–Crippen LogP) is -1.53. The number of rotatable bonds is 9. The molecule has 21 heavy (non-hydrogen) atoms. The zero-order valence-corrected chi connectivity index (χ0v) is 12.4. The Kier molecular flexibility index (Phi) is 12.1. The second-order valence-corrected chi connectivity index (χ2v) is 4.79. The van der Waals surface area contributed by atoms with Crippen molar-refractivity contribution in [1.29, 1.82) is 0 Å². The minimum absolute atomic E-state index is 0.0263. The fraction of sp³-hybridized carbons (Fsp3) is 0.500. The number of aliphatic hydroxyl groups is 2. The zero-order chi connectivity index (χ0) is 16.0. The molecule has 0 fully saturated rings. The van der Waals surface area contributed by atoms with Crippen molar-refractivity contribution in [2.24, 2.45) is 0 Å². The lowest BCUT2D eigenvalue weighted by Crippen LogP contribution is -2.21. The van der Waals surface area contributed by atoms with Gasteiger partial charge in [0.05, 0.1) is 27.6 Å². The maximum absolute atomic E-state index is 10.0. The molecule has 0 heterocycles. The summed E-state index contributed by atoms with van der Waals surface area (Å²) >= 11 is 0. The first-order valence-corrected chi connectivity index (χ1v) is 7.72. The van der Waals surface area contributed by atoms with Crippen LogP contribution in [-0.2, 0) is 9.09 Å². The highest BCUT2D eigenvalue weighted by Crippen LogP contribution is 2.23. The molecule has 0 amide bonds. The molecule has 1 aromatic carbocycles. The van der Waals surface area contributed by atoms with Crippen molar-refractivity contribution in [3.05, 3.63) is 30.3 Å². The van der Waals surface area contributed by atoms with E-state index in [4.69, 9.17) is 14.9 Å². The van der Waals surface area contributed by atoms with Crippen molar-refractivity contribution >= 4 is 7.82 Å². The lowest BCUT2D eigenvalue weighted by Gasteiger charge is -2.28. The topological polar surface area (TPSA) is 134 Å². The maximum atomic E-state index is 10.0. The zero-order valence-electron chi connectivity index (χ0n) is 11.5. The van der Waals surface area contributed by atoms with E-state index in [9.17, 15) is 14.4 Å². The highest BCUT2D eigenvalue weighted by molar-refractivity contribution is 7.43. The molecule has 3 N–H and O–H groups in total. The highest BCUT2D eigenvalue weighted by atomic mass is 31.2. The van der Waals surface area contributed by atoms with E-state index in [-0.39, 0.29) is 26.4 Å². The fourth-order valence-corrected chi connectivity index (χ4v) is 1.41. The van der Waals surface area contributed by atoms with Crippen molar-refractivity contribution in [3.8, 4) is 5.75 Å². The van der Waals surface area contributed by atoms with Gasteiger partial charge in [0.15, 0.2) is 0 Å². The molecule has 0 aliphatic heterocycles. The lowest BCUT2D eigenvalue weighted by atomic mass is 10.3. The summed E-state index contributed by atoms with van der Waals surface area (Å²) in [4.78, 5) is 20.1. The molecule has 0 aliphatic carbocycles. The number of hydrogen-bond acceptors (Lipinski definition) is 8. The molecule has 122 valence electrons. The smallest absolute Gasteiger partial charge is 0.119 e.